The van der Waals surface area contributed by atoms with Gasteiger partial charge in [-0.3, -0.25) is 9.59 Å². The van der Waals surface area contributed by atoms with E-state index in [0.29, 0.717) is 35.2 Å². The zero-order valence-electron chi connectivity index (χ0n) is 15.9. The van der Waals surface area contributed by atoms with E-state index in [1.54, 1.807) is 49.6 Å². The Morgan fingerprint density at radius 3 is 2.36 bits per heavy atom. The van der Waals surface area contributed by atoms with E-state index in [4.69, 9.17) is 14.2 Å². The molecule has 1 aliphatic rings. The fraction of sp³-hybridized carbons (Fsp3) is 0.300. The van der Waals surface area contributed by atoms with Gasteiger partial charge in [-0.2, -0.15) is 0 Å². The molecular formula is C20H24N3O5+. The van der Waals surface area contributed by atoms with Gasteiger partial charge >= 0.3 is 0 Å². The maximum atomic E-state index is 12.4. The summed E-state index contributed by atoms with van der Waals surface area (Å²) in [5.41, 5.74) is 1.29. The number of hydrogen-bond acceptors (Lipinski definition) is 5. The van der Waals surface area contributed by atoms with Gasteiger partial charge in [0, 0.05) is 23.5 Å². The van der Waals surface area contributed by atoms with Crippen molar-refractivity contribution in [1.82, 2.24) is 0 Å². The Balaban J connectivity index is 1.51. The van der Waals surface area contributed by atoms with Gasteiger partial charge in [-0.05, 0) is 31.2 Å². The minimum atomic E-state index is -0.176. The van der Waals surface area contributed by atoms with Gasteiger partial charge in [0.05, 0.1) is 13.7 Å². The Kier molecular flexibility index (Phi) is 6.33. The van der Waals surface area contributed by atoms with Crippen LogP contribution < -0.4 is 29.7 Å². The lowest BCUT2D eigenvalue weighted by molar-refractivity contribution is -0.881. The fourth-order valence-electron chi connectivity index (χ4n) is 2.85. The summed E-state index contributed by atoms with van der Waals surface area (Å²) in [5, 5.41) is 5.66. The van der Waals surface area contributed by atoms with Gasteiger partial charge in [-0.25, -0.2) is 0 Å². The lowest BCUT2D eigenvalue weighted by Crippen LogP contribution is -3.13. The molecule has 28 heavy (non-hydrogen) atoms. The molecule has 1 atom stereocenters. The first-order chi connectivity index (χ1) is 13.6. The molecule has 0 saturated carbocycles. The third kappa shape index (κ3) is 5.14. The predicted octanol–water partition coefficient (Wildman–Crippen LogP) is 0.906. The van der Waals surface area contributed by atoms with Crippen molar-refractivity contribution in [3.63, 3.8) is 0 Å². The third-order valence-electron chi connectivity index (χ3n) is 4.33. The van der Waals surface area contributed by atoms with E-state index in [0.717, 1.165) is 4.90 Å². The molecular weight excluding hydrogens is 362 g/mol. The van der Waals surface area contributed by atoms with E-state index in [1.807, 2.05) is 6.92 Å². The van der Waals surface area contributed by atoms with Gasteiger partial charge in [-0.15, -0.1) is 0 Å². The molecule has 0 aliphatic carbocycles. The number of quaternary nitrogens is 1. The maximum absolute atomic E-state index is 12.4. The highest BCUT2D eigenvalue weighted by molar-refractivity contribution is 5.93. The monoisotopic (exact) mass is 386 g/mol. The first-order valence-electron chi connectivity index (χ1n) is 9.04. The van der Waals surface area contributed by atoms with Crippen LogP contribution in [0.2, 0.25) is 0 Å². The average molecular weight is 386 g/mol. The van der Waals surface area contributed by atoms with Gasteiger partial charge in [0.15, 0.2) is 24.6 Å². The molecule has 0 bridgehead atoms. The molecule has 0 radical (unpaired) electrons. The minimum Gasteiger partial charge on any atom is -0.497 e. The van der Waals surface area contributed by atoms with E-state index >= 15 is 0 Å². The Hall–Kier alpha value is -3.26. The lowest BCUT2D eigenvalue weighted by atomic mass is 10.2. The largest absolute Gasteiger partial charge is 0.497 e. The SMILES string of the molecule is CC[NH+](CC(=O)Nc1cccc(OC)c1)CC(=O)Nc1ccc2c(c1)OCO2. The van der Waals surface area contributed by atoms with Gasteiger partial charge < -0.3 is 29.7 Å². The third-order valence-corrected chi connectivity index (χ3v) is 4.33. The van der Waals surface area contributed by atoms with Gasteiger partial charge in [0.1, 0.15) is 5.75 Å². The quantitative estimate of drug-likeness (QED) is 0.627. The van der Waals surface area contributed by atoms with Crippen molar-refractivity contribution in [1.29, 1.82) is 0 Å². The Labute approximate surface area is 163 Å². The van der Waals surface area contributed by atoms with E-state index in [9.17, 15) is 9.59 Å². The Morgan fingerprint density at radius 1 is 1.00 bits per heavy atom. The number of ether oxygens (including phenoxy) is 3. The highest BCUT2D eigenvalue weighted by Gasteiger charge is 2.18. The fourth-order valence-corrected chi connectivity index (χ4v) is 2.85. The Morgan fingerprint density at radius 2 is 1.68 bits per heavy atom. The van der Waals surface area contributed by atoms with Crippen LogP contribution in [0.4, 0.5) is 11.4 Å². The molecule has 0 spiro atoms. The number of amides is 2. The summed E-state index contributed by atoms with van der Waals surface area (Å²) in [7, 11) is 1.57. The smallest absolute Gasteiger partial charge is 0.279 e. The molecule has 0 saturated heterocycles. The van der Waals surface area contributed by atoms with Crippen molar-refractivity contribution in [2.24, 2.45) is 0 Å². The van der Waals surface area contributed by atoms with Crippen molar-refractivity contribution < 1.29 is 28.7 Å². The van der Waals surface area contributed by atoms with Crippen molar-refractivity contribution in [3.8, 4) is 17.2 Å². The zero-order chi connectivity index (χ0) is 19.9. The second-order valence-electron chi connectivity index (χ2n) is 6.35. The number of carbonyl (C=O) groups excluding carboxylic acids is 2. The standard InChI is InChI=1S/C20H23N3O5/c1-3-23(11-19(24)21-14-5-4-6-16(9-14)26-2)12-20(25)22-15-7-8-17-18(10-15)28-13-27-17/h4-10H,3,11-13H2,1-2H3,(H,21,24)(H,22,25)/p+1. The minimum absolute atomic E-state index is 0.166. The number of rotatable bonds is 8. The number of anilines is 2. The molecule has 1 heterocycles. The van der Waals surface area contributed by atoms with Crippen LogP contribution in [-0.4, -0.2) is 45.4 Å². The highest BCUT2D eigenvalue weighted by Crippen LogP contribution is 2.34. The number of likely N-dealkylation sites (N-methyl/N-ethyl adjacent to an activating group) is 1. The molecule has 8 nitrogen and oxygen atoms in total. The number of fused-ring (bicyclic) bond motifs is 1. The first kappa shape index (κ1) is 19.5. The molecule has 8 heteroatoms. The summed E-state index contributed by atoms with van der Waals surface area (Å²) < 4.78 is 15.7. The number of benzene rings is 2. The predicted molar refractivity (Wildman–Crippen MR) is 104 cm³/mol. The van der Waals surface area contributed by atoms with Gasteiger partial charge in [0.25, 0.3) is 11.8 Å². The molecule has 2 amide bonds. The van der Waals surface area contributed by atoms with E-state index in [-0.39, 0.29) is 31.7 Å². The lowest BCUT2D eigenvalue weighted by Gasteiger charge is -2.17. The van der Waals surface area contributed by atoms with Crippen LogP contribution in [0, 0.1) is 0 Å². The number of hydrogen-bond donors (Lipinski definition) is 3. The molecule has 2 aromatic rings. The molecule has 1 aliphatic heterocycles. The second-order valence-corrected chi connectivity index (χ2v) is 6.35. The van der Waals surface area contributed by atoms with Crippen molar-refractivity contribution in [3.05, 3.63) is 42.5 Å². The van der Waals surface area contributed by atoms with E-state index < -0.39 is 0 Å². The van der Waals surface area contributed by atoms with E-state index in [1.165, 1.54) is 0 Å². The molecule has 148 valence electrons. The molecule has 2 aromatic carbocycles. The van der Waals surface area contributed by atoms with Gasteiger partial charge in [-0.1, -0.05) is 6.07 Å². The number of carbonyl (C=O) groups is 2. The maximum Gasteiger partial charge on any atom is 0.279 e. The van der Waals surface area contributed by atoms with Crippen LogP contribution in [0.1, 0.15) is 6.92 Å². The van der Waals surface area contributed by atoms with Crippen LogP contribution >= 0.6 is 0 Å². The van der Waals surface area contributed by atoms with Crippen molar-refractivity contribution in [2.45, 2.75) is 6.92 Å². The summed E-state index contributed by atoms with van der Waals surface area (Å²) in [6.45, 7) is 3.11. The number of methoxy groups -OCH3 is 1. The summed E-state index contributed by atoms with van der Waals surface area (Å²) in [6, 6.07) is 12.4. The van der Waals surface area contributed by atoms with Gasteiger partial charge in [0.2, 0.25) is 6.79 Å². The molecule has 1 unspecified atom stereocenters. The van der Waals surface area contributed by atoms with Crippen LogP contribution in [0.15, 0.2) is 42.5 Å². The Bertz CT molecular complexity index is 855. The summed E-state index contributed by atoms with van der Waals surface area (Å²) >= 11 is 0. The highest BCUT2D eigenvalue weighted by atomic mass is 16.7. The second kappa shape index (κ2) is 9.09. The van der Waals surface area contributed by atoms with Crippen LogP contribution in [0.5, 0.6) is 17.2 Å². The first-order valence-corrected chi connectivity index (χ1v) is 9.04. The average Bonchev–Trinajstić information content (AvgIpc) is 3.15. The zero-order valence-corrected chi connectivity index (χ0v) is 15.9. The molecule has 3 rings (SSSR count). The van der Waals surface area contributed by atoms with E-state index in [2.05, 4.69) is 10.6 Å². The van der Waals surface area contributed by atoms with Crippen LogP contribution in [0.3, 0.4) is 0 Å². The topological polar surface area (TPSA) is 90.3 Å². The number of nitrogens with one attached hydrogen (secondary N) is 3. The van der Waals surface area contributed by atoms with Crippen LogP contribution in [-0.2, 0) is 9.59 Å². The normalized spacial score (nSPS) is 12.9. The molecule has 3 N–H and O–H groups in total. The summed E-state index contributed by atoms with van der Waals surface area (Å²) in [4.78, 5) is 25.5. The van der Waals surface area contributed by atoms with Crippen molar-refractivity contribution >= 4 is 23.2 Å². The summed E-state index contributed by atoms with van der Waals surface area (Å²) in [5.74, 6) is 1.59. The van der Waals surface area contributed by atoms with Crippen LogP contribution in [0.25, 0.3) is 0 Å². The summed E-state index contributed by atoms with van der Waals surface area (Å²) in [6.07, 6.45) is 0. The van der Waals surface area contributed by atoms with Crippen molar-refractivity contribution in [2.75, 3.05) is 44.2 Å². The molecule has 0 fully saturated rings. The molecule has 0 aromatic heterocycles.